The molecule has 0 saturated carbocycles. The molecule has 0 unspecified atom stereocenters. The van der Waals surface area contributed by atoms with Crippen molar-refractivity contribution in [1.29, 1.82) is 0 Å². The summed E-state index contributed by atoms with van der Waals surface area (Å²) < 4.78 is 3.44. The van der Waals surface area contributed by atoms with Crippen molar-refractivity contribution in [3.05, 3.63) is 69.9 Å². The lowest BCUT2D eigenvalue weighted by atomic mass is 10.3. The average Bonchev–Trinajstić information content (AvgIpc) is 2.90. The number of imidazole rings is 1. The summed E-state index contributed by atoms with van der Waals surface area (Å²) in [4.78, 5) is 21.2. The highest BCUT2D eigenvalue weighted by Gasteiger charge is 2.08. The number of hydrogen-bond acceptors (Lipinski definition) is 4. The number of hydrogen-bond donors (Lipinski definition) is 1. The van der Waals surface area contributed by atoms with Crippen LogP contribution in [-0.2, 0) is 13.6 Å². The van der Waals surface area contributed by atoms with Gasteiger partial charge in [-0.3, -0.25) is 9.20 Å². The van der Waals surface area contributed by atoms with Crippen molar-refractivity contribution in [3.63, 3.8) is 0 Å². The van der Waals surface area contributed by atoms with E-state index in [1.54, 1.807) is 18.3 Å². The third-order valence-electron chi connectivity index (χ3n) is 3.93. The molecular weight excluding hydrogens is 326 g/mol. The average molecular weight is 340 g/mol. The summed E-state index contributed by atoms with van der Waals surface area (Å²) in [6.07, 6.45) is 1.56. The summed E-state index contributed by atoms with van der Waals surface area (Å²) in [5.41, 5.74) is 2.36. The van der Waals surface area contributed by atoms with E-state index in [1.807, 2.05) is 35.9 Å². The Morgan fingerprint density at radius 1 is 1.17 bits per heavy atom. The predicted molar refractivity (Wildman–Crippen MR) is 94.5 cm³/mol. The minimum atomic E-state index is -0.185. The third kappa shape index (κ3) is 2.51. The molecule has 6 nitrogen and oxygen atoms in total. The number of fused-ring (bicyclic) bond motifs is 2. The molecule has 0 spiro atoms. The zero-order valence-electron chi connectivity index (χ0n) is 12.9. The first-order valence-corrected chi connectivity index (χ1v) is 7.83. The van der Waals surface area contributed by atoms with E-state index in [9.17, 15) is 4.79 Å². The van der Waals surface area contributed by atoms with Crippen LogP contribution in [0, 0.1) is 0 Å². The van der Waals surface area contributed by atoms with Gasteiger partial charge >= 0.3 is 0 Å². The molecule has 0 radical (unpaired) electrons. The molecule has 3 heterocycles. The van der Waals surface area contributed by atoms with Crippen LogP contribution < -0.4 is 10.9 Å². The van der Waals surface area contributed by atoms with Gasteiger partial charge in [-0.1, -0.05) is 23.7 Å². The molecule has 4 rings (SSSR count). The molecule has 1 aromatic carbocycles. The Hall–Kier alpha value is -2.86. The molecule has 0 saturated heterocycles. The number of aryl methyl sites for hydroxylation is 1. The normalized spacial score (nSPS) is 11.2. The molecule has 0 aliphatic heterocycles. The lowest BCUT2D eigenvalue weighted by Crippen LogP contribution is -2.16. The SMILES string of the molecule is Cn1c(CNc2cc(=O)n3cc(Cl)ccc3n2)nc2ccccc21. The second kappa shape index (κ2) is 5.65. The van der Waals surface area contributed by atoms with E-state index >= 15 is 0 Å². The molecule has 3 aromatic heterocycles. The molecule has 0 atom stereocenters. The standard InChI is InChI=1S/C17H14ClN5O/c1-22-13-5-3-2-4-12(13)20-16(22)9-19-14-8-17(24)23-10-11(18)6-7-15(23)21-14/h2-8,10,19H,9H2,1H3. The first-order valence-electron chi connectivity index (χ1n) is 7.45. The smallest absolute Gasteiger partial charge is 0.259 e. The lowest BCUT2D eigenvalue weighted by Gasteiger charge is -2.07. The Kier molecular flexibility index (Phi) is 3.46. The van der Waals surface area contributed by atoms with E-state index in [1.165, 1.54) is 10.5 Å². The van der Waals surface area contributed by atoms with Crippen molar-refractivity contribution in [2.45, 2.75) is 6.54 Å². The fraction of sp³-hybridized carbons (Fsp3) is 0.118. The van der Waals surface area contributed by atoms with Crippen LogP contribution in [0.3, 0.4) is 0 Å². The Bertz CT molecular complexity index is 1120. The largest absolute Gasteiger partial charge is 0.363 e. The molecule has 0 fully saturated rings. The first-order chi connectivity index (χ1) is 11.6. The summed E-state index contributed by atoms with van der Waals surface area (Å²) in [5.74, 6) is 1.38. The minimum Gasteiger partial charge on any atom is -0.363 e. The zero-order valence-corrected chi connectivity index (χ0v) is 13.7. The fourth-order valence-corrected chi connectivity index (χ4v) is 2.85. The number of benzene rings is 1. The molecule has 0 bridgehead atoms. The van der Waals surface area contributed by atoms with Crippen molar-refractivity contribution < 1.29 is 0 Å². The second-order valence-electron chi connectivity index (χ2n) is 5.48. The summed E-state index contributed by atoms with van der Waals surface area (Å²) in [5, 5.41) is 3.66. The number of para-hydroxylation sites is 2. The number of rotatable bonds is 3. The Morgan fingerprint density at radius 3 is 2.83 bits per heavy atom. The van der Waals surface area contributed by atoms with Crippen molar-refractivity contribution in [2.75, 3.05) is 5.32 Å². The Morgan fingerprint density at radius 2 is 2.00 bits per heavy atom. The van der Waals surface area contributed by atoms with E-state index in [0.29, 0.717) is 23.0 Å². The van der Waals surface area contributed by atoms with Crippen LogP contribution in [0.25, 0.3) is 16.7 Å². The van der Waals surface area contributed by atoms with Gasteiger partial charge in [0.2, 0.25) is 0 Å². The minimum absolute atomic E-state index is 0.185. The molecule has 4 aromatic rings. The molecule has 0 amide bonds. The number of pyridine rings is 1. The molecular formula is C17H14ClN5O. The van der Waals surface area contributed by atoms with Crippen molar-refractivity contribution in [3.8, 4) is 0 Å². The van der Waals surface area contributed by atoms with Gasteiger partial charge in [0.05, 0.1) is 22.6 Å². The molecule has 1 N–H and O–H groups in total. The maximum Gasteiger partial charge on any atom is 0.259 e. The summed E-state index contributed by atoms with van der Waals surface area (Å²) >= 11 is 5.91. The van der Waals surface area contributed by atoms with Gasteiger partial charge in [0.15, 0.2) is 0 Å². The van der Waals surface area contributed by atoms with Crippen LogP contribution in [0.5, 0.6) is 0 Å². The van der Waals surface area contributed by atoms with Crippen LogP contribution in [0.2, 0.25) is 5.02 Å². The topological polar surface area (TPSA) is 64.2 Å². The fourth-order valence-electron chi connectivity index (χ4n) is 2.69. The zero-order chi connectivity index (χ0) is 16.7. The van der Waals surface area contributed by atoms with Gasteiger partial charge in [-0.25, -0.2) is 9.97 Å². The van der Waals surface area contributed by atoms with Gasteiger partial charge < -0.3 is 9.88 Å². The van der Waals surface area contributed by atoms with Crippen LogP contribution >= 0.6 is 11.6 Å². The quantitative estimate of drug-likeness (QED) is 0.623. The van der Waals surface area contributed by atoms with Crippen LogP contribution in [0.4, 0.5) is 5.82 Å². The number of aromatic nitrogens is 4. The summed E-state index contributed by atoms with van der Waals surface area (Å²) in [6.45, 7) is 0.474. The van der Waals surface area contributed by atoms with Crippen molar-refractivity contribution >= 4 is 34.1 Å². The number of nitrogens with zero attached hydrogens (tertiary/aromatic N) is 4. The van der Waals surface area contributed by atoms with Gasteiger partial charge in [0, 0.05) is 19.3 Å². The van der Waals surface area contributed by atoms with Crippen LogP contribution in [0.1, 0.15) is 5.82 Å². The van der Waals surface area contributed by atoms with E-state index in [4.69, 9.17) is 11.6 Å². The third-order valence-corrected chi connectivity index (χ3v) is 4.15. The van der Waals surface area contributed by atoms with Gasteiger partial charge in [0.1, 0.15) is 17.3 Å². The predicted octanol–water partition coefficient (Wildman–Crippen LogP) is 2.85. The Balaban J connectivity index is 1.65. The molecule has 7 heteroatoms. The Labute approximate surface area is 142 Å². The maximum absolute atomic E-state index is 12.2. The van der Waals surface area contributed by atoms with E-state index < -0.39 is 0 Å². The highest BCUT2D eigenvalue weighted by atomic mass is 35.5. The van der Waals surface area contributed by atoms with Crippen molar-refractivity contribution in [1.82, 2.24) is 18.9 Å². The van der Waals surface area contributed by atoms with Gasteiger partial charge in [-0.15, -0.1) is 0 Å². The molecule has 0 aliphatic rings. The summed E-state index contributed by atoms with van der Waals surface area (Å²) in [7, 11) is 1.97. The molecule has 24 heavy (non-hydrogen) atoms. The van der Waals surface area contributed by atoms with E-state index in [-0.39, 0.29) is 5.56 Å². The van der Waals surface area contributed by atoms with Gasteiger partial charge in [-0.2, -0.15) is 0 Å². The monoisotopic (exact) mass is 339 g/mol. The maximum atomic E-state index is 12.2. The second-order valence-corrected chi connectivity index (χ2v) is 5.92. The highest BCUT2D eigenvalue weighted by molar-refractivity contribution is 6.30. The van der Waals surface area contributed by atoms with Gasteiger partial charge in [-0.05, 0) is 24.3 Å². The highest BCUT2D eigenvalue weighted by Crippen LogP contribution is 2.15. The molecule has 0 aliphatic carbocycles. The molecule has 120 valence electrons. The number of nitrogens with one attached hydrogen (secondary N) is 1. The van der Waals surface area contributed by atoms with Crippen molar-refractivity contribution in [2.24, 2.45) is 7.05 Å². The van der Waals surface area contributed by atoms with Crippen LogP contribution in [-0.4, -0.2) is 18.9 Å². The lowest BCUT2D eigenvalue weighted by molar-refractivity contribution is 0.831. The number of anilines is 1. The van der Waals surface area contributed by atoms with Gasteiger partial charge in [0.25, 0.3) is 5.56 Å². The van der Waals surface area contributed by atoms with E-state index in [2.05, 4.69) is 15.3 Å². The first kappa shape index (κ1) is 14.7. The summed E-state index contributed by atoms with van der Waals surface area (Å²) in [6, 6.07) is 12.8. The number of halogens is 1. The van der Waals surface area contributed by atoms with E-state index in [0.717, 1.165) is 16.9 Å². The van der Waals surface area contributed by atoms with Crippen LogP contribution in [0.15, 0.2) is 53.5 Å².